The maximum absolute atomic E-state index is 6.92. The molecule has 1 aromatic heterocycles. The minimum atomic E-state index is 0.862. The lowest BCUT2D eigenvalue weighted by molar-refractivity contribution is 0.670. The van der Waals surface area contributed by atoms with Gasteiger partial charge in [-0.2, -0.15) is 0 Å². The van der Waals surface area contributed by atoms with Crippen molar-refractivity contribution in [2.24, 2.45) is 0 Å². The number of benzene rings is 10. The molecule has 0 aliphatic rings. The molecular formula is C56H37NO. The smallest absolute Gasteiger partial charge is 0.145 e. The highest BCUT2D eigenvalue weighted by atomic mass is 16.3. The molecule has 0 amide bonds. The fourth-order valence-electron chi connectivity index (χ4n) is 8.80. The van der Waals surface area contributed by atoms with E-state index in [0.717, 1.165) is 61.3 Å². The van der Waals surface area contributed by atoms with Crippen LogP contribution in [0.25, 0.3) is 88.0 Å². The zero-order chi connectivity index (χ0) is 38.4. The summed E-state index contributed by atoms with van der Waals surface area (Å²) in [6.07, 6.45) is 0. The average molecular weight is 740 g/mol. The molecule has 0 radical (unpaired) electrons. The van der Waals surface area contributed by atoms with Crippen molar-refractivity contribution in [2.45, 2.75) is 0 Å². The van der Waals surface area contributed by atoms with Gasteiger partial charge in [0.05, 0.1) is 11.1 Å². The average Bonchev–Trinajstić information content (AvgIpc) is 3.70. The summed E-state index contributed by atoms with van der Waals surface area (Å²) >= 11 is 0. The molecule has 0 N–H and O–H groups in total. The minimum absolute atomic E-state index is 0.862. The summed E-state index contributed by atoms with van der Waals surface area (Å²) in [7, 11) is 0. The SMILES string of the molecule is c1ccc(-c2ccccc2-c2cccc(N(c3cccc(-c4cccc5ccccc45)c3)c3ccc(-c4cccc5ccccc45)c4oc5ccccc5c34)c2)cc1. The zero-order valence-corrected chi connectivity index (χ0v) is 31.7. The molecular weight excluding hydrogens is 703 g/mol. The lowest BCUT2D eigenvalue weighted by atomic mass is 9.93. The Labute approximate surface area is 337 Å². The van der Waals surface area contributed by atoms with E-state index < -0.39 is 0 Å². The molecule has 0 aliphatic carbocycles. The summed E-state index contributed by atoms with van der Waals surface area (Å²) in [6, 6.07) is 80.6. The highest BCUT2D eigenvalue weighted by molar-refractivity contribution is 6.18. The van der Waals surface area contributed by atoms with Crippen LogP contribution in [0.15, 0.2) is 229 Å². The van der Waals surface area contributed by atoms with Gasteiger partial charge in [0.1, 0.15) is 11.2 Å². The summed E-state index contributed by atoms with van der Waals surface area (Å²) in [5.41, 5.74) is 14.2. The first kappa shape index (κ1) is 33.6. The van der Waals surface area contributed by atoms with Crippen LogP contribution in [0, 0.1) is 0 Å². The fourth-order valence-corrected chi connectivity index (χ4v) is 8.80. The zero-order valence-electron chi connectivity index (χ0n) is 31.7. The molecule has 272 valence electrons. The van der Waals surface area contributed by atoms with Gasteiger partial charge in [-0.05, 0) is 103 Å². The molecule has 11 aromatic rings. The number of rotatable bonds is 7. The first-order chi connectivity index (χ1) is 28.8. The molecule has 0 spiro atoms. The second-order valence-electron chi connectivity index (χ2n) is 14.8. The third kappa shape index (κ3) is 5.74. The molecule has 0 atom stereocenters. The topological polar surface area (TPSA) is 16.4 Å². The predicted molar refractivity (Wildman–Crippen MR) is 245 cm³/mol. The number of hydrogen-bond donors (Lipinski definition) is 0. The number of furan rings is 1. The number of nitrogens with zero attached hydrogens (tertiary/aromatic N) is 1. The van der Waals surface area contributed by atoms with Gasteiger partial charge >= 0.3 is 0 Å². The Balaban J connectivity index is 1.18. The van der Waals surface area contributed by atoms with Crippen molar-refractivity contribution >= 4 is 60.5 Å². The van der Waals surface area contributed by atoms with Gasteiger partial charge in [0.15, 0.2) is 0 Å². The lowest BCUT2D eigenvalue weighted by Crippen LogP contribution is -2.11. The van der Waals surface area contributed by atoms with Crippen LogP contribution in [0.3, 0.4) is 0 Å². The van der Waals surface area contributed by atoms with Gasteiger partial charge in [-0.25, -0.2) is 0 Å². The van der Waals surface area contributed by atoms with Crippen molar-refractivity contribution in [1.29, 1.82) is 0 Å². The highest BCUT2D eigenvalue weighted by Gasteiger charge is 2.24. The molecule has 0 unspecified atom stereocenters. The highest BCUT2D eigenvalue weighted by Crippen LogP contribution is 2.48. The predicted octanol–water partition coefficient (Wildman–Crippen LogP) is 16.0. The molecule has 0 fully saturated rings. The van der Waals surface area contributed by atoms with Crippen molar-refractivity contribution < 1.29 is 4.42 Å². The Hall–Kier alpha value is -7.68. The van der Waals surface area contributed by atoms with E-state index in [1.165, 1.54) is 43.8 Å². The van der Waals surface area contributed by atoms with Gasteiger partial charge in [-0.15, -0.1) is 0 Å². The van der Waals surface area contributed by atoms with Crippen LogP contribution in [0.2, 0.25) is 0 Å². The standard InChI is InChI=1S/C56H37NO/c1-2-16-38(17-3-1)45-27-8-9-29-48(45)41-22-12-24-43(36-41)57(44-25-13-23-42(37-44)49-31-14-20-39-18-4-6-26-46(39)49)53-35-34-51(50-32-15-21-40-19-5-7-28-47(40)50)56-55(53)52-30-10-11-33-54(52)58-56/h1-37H. The van der Waals surface area contributed by atoms with Gasteiger partial charge in [0.2, 0.25) is 0 Å². The molecule has 0 aliphatic heterocycles. The Morgan fingerprint density at radius 1 is 0.310 bits per heavy atom. The summed E-state index contributed by atoms with van der Waals surface area (Å²) < 4.78 is 6.92. The molecule has 2 heteroatoms. The van der Waals surface area contributed by atoms with Gasteiger partial charge in [0.25, 0.3) is 0 Å². The molecule has 11 rings (SSSR count). The van der Waals surface area contributed by atoms with E-state index in [9.17, 15) is 0 Å². The van der Waals surface area contributed by atoms with E-state index in [0.29, 0.717) is 0 Å². The monoisotopic (exact) mass is 739 g/mol. The van der Waals surface area contributed by atoms with E-state index in [1.807, 2.05) is 0 Å². The summed E-state index contributed by atoms with van der Waals surface area (Å²) in [5, 5.41) is 7.01. The van der Waals surface area contributed by atoms with Crippen LogP contribution in [0.1, 0.15) is 0 Å². The molecule has 2 nitrogen and oxygen atoms in total. The number of anilines is 3. The minimum Gasteiger partial charge on any atom is -0.455 e. The first-order valence-electron chi connectivity index (χ1n) is 19.8. The second-order valence-corrected chi connectivity index (χ2v) is 14.8. The number of para-hydroxylation sites is 1. The van der Waals surface area contributed by atoms with Crippen LogP contribution >= 0.6 is 0 Å². The maximum Gasteiger partial charge on any atom is 0.145 e. The second kappa shape index (κ2) is 14.1. The number of hydrogen-bond acceptors (Lipinski definition) is 2. The van der Waals surface area contributed by atoms with Gasteiger partial charge in [-0.1, -0.05) is 182 Å². The Morgan fingerprint density at radius 2 is 0.793 bits per heavy atom. The third-order valence-corrected chi connectivity index (χ3v) is 11.5. The van der Waals surface area contributed by atoms with E-state index in [1.54, 1.807) is 0 Å². The fraction of sp³-hybridized carbons (Fsp3) is 0. The Bertz CT molecular complexity index is 3290. The summed E-state index contributed by atoms with van der Waals surface area (Å²) in [5.74, 6) is 0. The van der Waals surface area contributed by atoms with Crippen molar-refractivity contribution in [3.63, 3.8) is 0 Å². The molecule has 10 aromatic carbocycles. The van der Waals surface area contributed by atoms with Crippen LogP contribution in [-0.2, 0) is 0 Å². The molecule has 0 saturated heterocycles. The van der Waals surface area contributed by atoms with Crippen molar-refractivity contribution in [1.82, 2.24) is 0 Å². The molecule has 0 saturated carbocycles. The first-order valence-corrected chi connectivity index (χ1v) is 19.8. The van der Waals surface area contributed by atoms with E-state index >= 15 is 0 Å². The molecule has 1 heterocycles. The quantitative estimate of drug-likeness (QED) is 0.162. The normalized spacial score (nSPS) is 11.4. The number of fused-ring (bicyclic) bond motifs is 5. The van der Waals surface area contributed by atoms with Crippen molar-refractivity contribution in [3.05, 3.63) is 224 Å². The van der Waals surface area contributed by atoms with Gasteiger partial charge < -0.3 is 9.32 Å². The Morgan fingerprint density at radius 3 is 1.50 bits per heavy atom. The van der Waals surface area contributed by atoms with Crippen LogP contribution in [-0.4, -0.2) is 0 Å². The molecule has 58 heavy (non-hydrogen) atoms. The summed E-state index contributed by atoms with van der Waals surface area (Å²) in [4.78, 5) is 2.42. The van der Waals surface area contributed by atoms with Crippen molar-refractivity contribution in [3.8, 4) is 44.5 Å². The van der Waals surface area contributed by atoms with E-state index in [-0.39, 0.29) is 0 Å². The van der Waals surface area contributed by atoms with E-state index in [2.05, 4.69) is 229 Å². The Kier molecular flexibility index (Phi) is 8.19. The molecule has 0 bridgehead atoms. The third-order valence-electron chi connectivity index (χ3n) is 11.5. The largest absolute Gasteiger partial charge is 0.455 e. The maximum atomic E-state index is 6.92. The van der Waals surface area contributed by atoms with E-state index in [4.69, 9.17) is 4.42 Å². The van der Waals surface area contributed by atoms with Crippen LogP contribution in [0.5, 0.6) is 0 Å². The van der Waals surface area contributed by atoms with Crippen LogP contribution in [0.4, 0.5) is 17.1 Å². The van der Waals surface area contributed by atoms with Gasteiger partial charge in [0, 0.05) is 22.3 Å². The lowest BCUT2D eigenvalue weighted by Gasteiger charge is -2.28. The summed E-state index contributed by atoms with van der Waals surface area (Å²) in [6.45, 7) is 0. The van der Waals surface area contributed by atoms with Crippen molar-refractivity contribution in [2.75, 3.05) is 4.90 Å². The van der Waals surface area contributed by atoms with Crippen LogP contribution < -0.4 is 4.90 Å². The van der Waals surface area contributed by atoms with Gasteiger partial charge in [-0.3, -0.25) is 0 Å².